The van der Waals surface area contributed by atoms with E-state index in [9.17, 15) is 0 Å². The molecule has 0 saturated carbocycles. The van der Waals surface area contributed by atoms with Crippen LogP contribution in [0.25, 0.3) is 10.9 Å². The average Bonchev–Trinajstić information content (AvgIpc) is 2.28. The zero-order valence-electron chi connectivity index (χ0n) is 9.09. The van der Waals surface area contributed by atoms with E-state index in [1.54, 1.807) is 5.56 Å². The molecule has 76 valence electrons. The number of aryl methyl sites for hydroxylation is 3. The van der Waals surface area contributed by atoms with Gasteiger partial charge < -0.3 is 0 Å². The SMILES string of the molecule is Cc1ccc2c3c(cnc2c1)CCCC3. The van der Waals surface area contributed by atoms with Crippen LogP contribution < -0.4 is 0 Å². The van der Waals surface area contributed by atoms with E-state index in [2.05, 4.69) is 36.3 Å². The van der Waals surface area contributed by atoms with Crippen molar-refractivity contribution < 1.29 is 0 Å². The molecule has 2 aromatic rings. The lowest BCUT2D eigenvalue weighted by Crippen LogP contribution is -2.04. The molecule has 1 aliphatic rings. The summed E-state index contributed by atoms with van der Waals surface area (Å²) in [6.07, 6.45) is 7.19. The maximum absolute atomic E-state index is 4.56. The van der Waals surface area contributed by atoms with Gasteiger partial charge in [-0.2, -0.15) is 0 Å². The molecular weight excluding hydrogens is 182 g/mol. The van der Waals surface area contributed by atoms with Crippen molar-refractivity contribution in [1.82, 2.24) is 4.98 Å². The van der Waals surface area contributed by atoms with Crippen molar-refractivity contribution in [3.05, 3.63) is 41.1 Å². The summed E-state index contributed by atoms with van der Waals surface area (Å²) in [7, 11) is 0. The van der Waals surface area contributed by atoms with Crippen LogP contribution in [0.1, 0.15) is 29.5 Å². The molecule has 0 fully saturated rings. The Morgan fingerprint density at radius 1 is 1.13 bits per heavy atom. The van der Waals surface area contributed by atoms with Gasteiger partial charge in [-0.1, -0.05) is 12.1 Å². The molecule has 1 aromatic carbocycles. The van der Waals surface area contributed by atoms with Gasteiger partial charge in [0.2, 0.25) is 0 Å². The van der Waals surface area contributed by atoms with Crippen molar-refractivity contribution >= 4 is 10.9 Å². The Bertz CT molecular complexity index is 514. The van der Waals surface area contributed by atoms with Crippen molar-refractivity contribution in [2.75, 3.05) is 0 Å². The normalized spacial score (nSPS) is 15.3. The second-order valence-corrected chi connectivity index (χ2v) is 4.49. The number of pyridine rings is 1. The van der Waals surface area contributed by atoms with Crippen LogP contribution in [0.3, 0.4) is 0 Å². The molecule has 1 nitrogen and oxygen atoms in total. The van der Waals surface area contributed by atoms with Crippen molar-refractivity contribution in [1.29, 1.82) is 0 Å². The van der Waals surface area contributed by atoms with Crippen LogP contribution in [-0.2, 0) is 12.8 Å². The molecule has 0 atom stereocenters. The van der Waals surface area contributed by atoms with Crippen LogP contribution in [0.4, 0.5) is 0 Å². The Balaban J connectivity index is 2.32. The second kappa shape index (κ2) is 3.34. The van der Waals surface area contributed by atoms with Gasteiger partial charge in [0.05, 0.1) is 5.52 Å². The summed E-state index contributed by atoms with van der Waals surface area (Å²) in [5.41, 5.74) is 5.48. The fourth-order valence-electron chi connectivity index (χ4n) is 2.53. The van der Waals surface area contributed by atoms with E-state index < -0.39 is 0 Å². The number of nitrogens with zero attached hydrogens (tertiary/aromatic N) is 1. The minimum absolute atomic E-state index is 1.16. The van der Waals surface area contributed by atoms with Crippen LogP contribution in [0.15, 0.2) is 24.4 Å². The summed E-state index contributed by atoms with van der Waals surface area (Å²) in [6.45, 7) is 2.13. The number of benzene rings is 1. The molecule has 0 N–H and O–H groups in total. The van der Waals surface area contributed by atoms with Crippen LogP contribution in [0.2, 0.25) is 0 Å². The molecule has 1 heteroatoms. The van der Waals surface area contributed by atoms with Crippen LogP contribution in [0.5, 0.6) is 0 Å². The van der Waals surface area contributed by atoms with E-state index in [1.165, 1.54) is 42.2 Å². The summed E-state index contributed by atoms with van der Waals surface area (Å²) in [4.78, 5) is 4.56. The predicted octanol–water partition coefficient (Wildman–Crippen LogP) is 3.42. The van der Waals surface area contributed by atoms with Crippen LogP contribution in [0, 0.1) is 6.92 Å². The maximum Gasteiger partial charge on any atom is 0.0707 e. The van der Waals surface area contributed by atoms with Gasteiger partial charge in [0.15, 0.2) is 0 Å². The van der Waals surface area contributed by atoms with Gasteiger partial charge in [-0.15, -0.1) is 0 Å². The first kappa shape index (κ1) is 8.90. The number of fused-ring (bicyclic) bond motifs is 3. The third kappa shape index (κ3) is 1.43. The monoisotopic (exact) mass is 197 g/mol. The molecule has 0 saturated heterocycles. The molecule has 15 heavy (non-hydrogen) atoms. The first-order valence-corrected chi connectivity index (χ1v) is 5.72. The predicted molar refractivity (Wildman–Crippen MR) is 63.1 cm³/mol. The highest BCUT2D eigenvalue weighted by atomic mass is 14.7. The number of aromatic nitrogens is 1. The van der Waals surface area contributed by atoms with Gasteiger partial charge in [-0.25, -0.2) is 0 Å². The molecule has 1 aromatic heterocycles. The highest BCUT2D eigenvalue weighted by Crippen LogP contribution is 2.27. The Morgan fingerprint density at radius 3 is 2.93 bits per heavy atom. The fourth-order valence-corrected chi connectivity index (χ4v) is 2.53. The standard InChI is InChI=1S/C14H15N/c1-10-6-7-13-12-5-3-2-4-11(12)9-15-14(13)8-10/h6-9H,2-5H2,1H3. The van der Waals surface area contributed by atoms with Gasteiger partial charge in [0, 0.05) is 11.6 Å². The topological polar surface area (TPSA) is 12.9 Å². The molecule has 3 rings (SSSR count). The second-order valence-electron chi connectivity index (χ2n) is 4.49. The fraction of sp³-hybridized carbons (Fsp3) is 0.357. The van der Waals surface area contributed by atoms with E-state index in [0.717, 1.165) is 5.52 Å². The van der Waals surface area contributed by atoms with Crippen molar-refractivity contribution in [2.45, 2.75) is 32.6 Å². The highest BCUT2D eigenvalue weighted by Gasteiger charge is 2.12. The molecule has 1 heterocycles. The molecule has 0 radical (unpaired) electrons. The van der Waals surface area contributed by atoms with Gasteiger partial charge in [0.25, 0.3) is 0 Å². The molecule has 1 aliphatic carbocycles. The van der Waals surface area contributed by atoms with Gasteiger partial charge >= 0.3 is 0 Å². The molecular formula is C14H15N. The Morgan fingerprint density at radius 2 is 2.00 bits per heavy atom. The van der Waals surface area contributed by atoms with Gasteiger partial charge in [-0.3, -0.25) is 4.98 Å². The van der Waals surface area contributed by atoms with E-state index in [0.29, 0.717) is 0 Å². The largest absolute Gasteiger partial charge is 0.256 e. The Kier molecular flexibility index (Phi) is 1.98. The molecule has 0 bridgehead atoms. The molecule has 0 amide bonds. The third-order valence-corrected chi connectivity index (χ3v) is 3.35. The Hall–Kier alpha value is -1.37. The van der Waals surface area contributed by atoms with Crippen LogP contribution >= 0.6 is 0 Å². The van der Waals surface area contributed by atoms with Crippen molar-refractivity contribution in [3.8, 4) is 0 Å². The minimum Gasteiger partial charge on any atom is -0.256 e. The lowest BCUT2D eigenvalue weighted by atomic mass is 9.90. The Labute approximate surface area is 90.2 Å². The minimum atomic E-state index is 1.16. The summed E-state index contributed by atoms with van der Waals surface area (Å²) in [5, 5.41) is 1.37. The summed E-state index contributed by atoms with van der Waals surface area (Å²) < 4.78 is 0. The van der Waals surface area contributed by atoms with E-state index in [-0.39, 0.29) is 0 Å². The zero-order valence-corrected chi connectivity index (χ0v) is 9.09. The molecule has 0 unspecified atom stereocenters. The van der Waals surface area contributed by atoms with Crippen molar-refractivity contribution in [2.24, 2.45) is 0 Å². The number of hydrogen-bond acceptors (Lipinski definition) is 1. The third-order valence-electron chi connectivity index (χ3n) is 3.35. The lowest BCUT2D eigenvalue weighted by Gasteiger charge is -2.17. The maximum atomic E-state index is 4.56. The van der Waals surface area contributed by atoms with Gasteiger partial charge in [0.1, 0.15) is 0 Å². The van der Waals surface area contributed by atoms with E-state index in [4.69, 9.17) is 0 Å². The van der Waals surface area contributed by atoms with E-state index >= 15 is 0 Å². The van der Waals surface area contributed by atoms with E-state index in [1.807, 2.05) is 0 Å². The molecule has 0 spiro atoms. The van der Waals surface area contributed by atoms with Crippen molar-refractivity contribution in [3.63, 3.8) is 0 Å². The smallest absolute Gasteiger partial charge is 0.0707 e. The molecule has 0 aliphatic heterocycles. The lowest BCUT2D eigenvalue weighted by molar-refractivity contribution is 0.687. The average molecular weight is 197 g/mol. The first-order chi connectivity index (χ1) is 7.34. The number of hydrogen-bond donors (Lipinski definition) is 0. The highest BCUT2D eigenvalue weighted by molar-refractivity contribution is 5.83. The van der Waals surface area contributed by atoms with Gasteiger partial charge in [-0.05, 0) is 55.4 Å². The first-order valence-electron chi connectivity index (χ1n) is 5.72. The summed E-state index contributed by atoms with van der Waals surface area (Å²) in [5.74, 6) is 0. The zero-order chi connectivity index (χ0) is 10.3. The number of rotatable bonds is 0. The van der Waals surface area contributed by atoms with Crippen LogP contribution in [-0.4, -0.2) is 4.98 Å². The quantitative estimate of drug-likeness (QED) is 0.630. The summed E-state index contributed by atoms with van der Waals surface area (Å²) >= 11 is 0. The summed E-state index contributed by atoms with van der Waals surface area (Å²) in [6, 6.07) is 6.62.